The van der Waals surface area contributed by atoms with E-state index in [1.165, 1.54) is 17.9 Å². The first-order valence-electron chi connectivity index (χ1n) is 4.20. The quantitative estimate of drug-likeness (QED) is 0.729. The first-order chi connectivity index (χ1) is 6.75. The van der Waals surface area contributed by atoms with E-state index in [0.29, 0.717) is 6.42 Å². The van der Waals surface area contributed by atoms with Crippen molar-refractivity contribution in [1.29, 1.82) is 0 Å². The number of carboxylic acid groups (broad SMARTS) is 1. The van der Waals surface area contributed by atoms with Crippen molar-refractivity contribution in [1.82, 2.24) is 9.36 Å². The van der Waals surface area contributed by atoms with E-state index in [1.807, 2.05) is 6.08 Å². The molecule has 0 aromatic carbocycles. The van der Waals surface area contributed by atoms with Crippen LogP contribution in [0.25, 0.3) is 0 Å². The number of nitrogens with one attached hydrogen (secondary N) is 1. The standard InChI is InChI=1S/C8H9N3O2S/c12-7(13)5-1-2-6(3-5)11-8-9-4-10-14-8/h1-2,4-6H,3H2,(H,12,13)(H,9,10,11). The molecule has 74 valence electrons. The van der Waals surface area contributed by atoms with E-state index in [9.17, 15) is 4.79 Å². The highest BCUT2D eigenvalue weighted by Gasteiger charge is 2.24. The molecule has 1 aromatic rings. The van der Waals surface area contributed by atoms with E-state index in [0.717, 1.165) is 5.13 Å². The Morgan fingerprint density at radius 1 is 1.64 bits per heavy atom. The number of hydrogen-bond donors (Lipinski definition) is 2. The third-order valence-corrected chi connectivity index (χ3v) is 2.67. The zero-order chi connectivity index (χ0) is 9.97. The van der Waals surface area contributed by atoms with Crippen LogP contribution in [0.2, 0.25) is 0 Å². The molecule has 2 N–H and O–H groups in total. The third kappa shape index (κ3) is 1.90. The summed E-state index contributed by atoms with van der Waals surface area (Å²) in [6.45, 7) is 0. The van der Waals surface area contributed by atoms with Gasteiger partial charge in [-0.05, 0) is 6.42 Å². The highest BCUT2D eigenvalue weighted by molar-refractivity contribution is 7.09. The lowest BCUT2D eigenvalue weighted by molar-refractivity contribution is -0.140. The van der Waals surface area contributed by atoms with Crippen LogP contribution in [0.4, 0.5) is 5.13 Å². The lowest BCUT2D eigenvalue weighted by atomic mass is 10.1. The summed E-state index contributed by atoms with van der Waals surface area (Å²) >= 11 is 1.27. The Balaban J connectivity index is 1.92. The van der Waals surface area contributed by atoms with Crippen molar-refractivity contribution in [3.05, 3.63) is 18.5 Å². The van der Waals surface area contributed by atoms with E-state index in [-0.39, 0.29) is 12.0 Å². The molecule has 14 heavy (non-hydrogen) atoms. The first-order valence-corrected chi connectivity index (χ1v) is 4.97. The predicted octanol–water partition coefficient (Wildman–Crippen LogP) is 0.979. The summed E-state index contributed by atoms with van der Waals surface area (Å²) in [5.74, 6) is -1.15. The second-order valence-electron chi connectivity index (χ2n) is 3.06. The van der Waals surface area contributed by atoms with Gasteiger partial charge in [-0.3, -0.25) is 4.79 Å². The van der Waals surface area contributed by atoms with Crippen molar-refractivity contribution in [3.63, 3.8) is 0 Å². The van der Waals surface area contributed by atoms with Crippen LogP contribution in [0.5, 0.6) is 0 Å². The Bertz CT molecular complexity index is 349. The van der Waals surface area contributed by atoms with E-state index in [2.05, 4.69) is 14.7 Å². The van der Waals surface area contributed by atoms with Crippen LogP contribution in [0, 0.1) is 5.92 Å². The SMILES string of the molecule is O=C(O)C1C=CC(Nc2ncns2)C1. The van der Waals surface area contributed by atoms with Gasteiger partial charge in [0.1, 0.15) is 6.33 Å². The van der Waals surface area contributed by atoms with Crippen LogP contribution in [0.3, 0.4) is 0 Å². The fourth-order valence-corrected chi connectivity index (χ4v) is 1.88. The molecule has 0 aliphatic heterocycles. The van der Waals surface area contributed by atoms with Crippen molar-refractivity contribution in [2.45, 2.75) is 12.5 Å². The maximum atomic E-state index is 10.6. The lowest BCUT2D eigenvalue weighted by Crippen LogP contribution is -2.18. The number of carboxylic acids is 1. The molecule has 0 saturated carbocycles. The van der Waals surface area contributed by atoms with Crippen molar-refractivity contribution in [2.75, 3.05) is 5.32 Å². The monoisotopic (exact) mass is 211 g/mol. The number of nitrogens with zero attached hydrogens (tertiary/aromatic N) is 2. The van der Waals surface area contributed by atoms with Crippen LogP contribution < -0.4 is 5.32 Å². The number of aromatic nitrogens is 2. The number of anilines is 1. The Morgan fingerprint density at radius 3 is 3.07 bits per heavy atom. The van der Waals surface area contributed by atoms with Crippen molar-refractivity contribution >= 4 is 22.6 Å². The highest BCUT2D eigenvalue weighted by atomic mass is 32.1. The second-order valence-corrected chi connectivity index (χ2v) is 3.84. The van der Waals surface area contributed by atoms with Gasteiger partial charge in [0.15, 0.2) is 0 Å². The molecule has 0 spiro atoms. The summed E-state index contributed by atoms with van der Waals surface area (Å²) in [5, 5.41) is 12.6. The third-order valence-electron chi connectivity index (χ3n) is 2.07. The largest absolute Gasteiger partial charge is 0.481 e. The maximum absolute atomic E-state index is 10.6. The molecule has 1 heterocycles. The van der Waals surface area contributed by atoms with Crippen molar-refractivity contribution in [2.24, 2.45) is 5.92 Å². The van der Waals surface area contributed by atoms with Crippen LogP contribution >= 0.6 is 11.5 Å². The van der Waals surface area contributed by atoms with Crippen LogP contribution in [0.15, 0.2) is 18.5 Å². The maximum Gasteiger partial charge on any atom is 0.310 e. The fourth-order valence-electron chi connectivity index (χ4n) is 1.38. The number of hydrogen-bond acceptors (Lipinski definition) is 5. The molecular weight excluding hydrogens is 202 g/mol. The van der Waals surface area contributed by atoms with E-state index in [4.69, 9.17) is 5.11 Å². The normalized spacial score (nSPS) is 25.1. The Hall–Kier alpha value is -1.43. The Kier molecular flexibility index (Phi) is 2.45. The van der Waals surface area contributed by atoms with Crippen LogP contribution in [0.1, 0.15) is 6.42 Å². The topological polar surface area (TPSA) is 75.1 Å². The minimum Gasteiger partial charge on any atom is -0.481 e. The molecule has 2 rings (SSSR count). The van der Waals surface area contributed by atoms with Crippen molar-refractivity contribution < 1.29 is 9.90 Å². The fraction of sp³-hybridized carbons (Fsp3) is 0.375. The van der Waals surface area contributed by atoms with Gasteiger partial charge in [-0.25, -0.2) is 4.98 Å². The van der Waals surface area contributed by atoms with Crippen molar-refractivity contribution in [3.8, 4) is 0 Å². The van der Waals surface area contributed by atoms with Gasteiger partial charge >= 0.3 is 5.97 Å². The van der Waals surface area contributed by atoms with Gasteiger partial charge < -0.3 is 10.4 Å². The second kappa shape index (κ2) is 3.75. The summed E-state index contributed by atoms with van der Waals surface area (Å²) in [5.41, 5.74) is 0. The van der Waals surface area contributed by atoms with Gasteiger partial charge in [-0.1, -0.05) is 12.2 Å². The molecule has 1 aromatic heterocycles. The van der Waals surface area contributed by atoms with E-state index in [1.54, 1.807) is 6.08 Å². The minimum atomic E-state index is -0.775. The molecule has 2 unspecified atom stereocenters. The number of carbonyl (C=O) groups is 1. The van der Waals surface area contributed by atoms with E-state index >= 15 is 0 Å². The number of aliphatic carboxylic acids is 1. The summed E-state index contributed by atoms with van der Waals surface area (Å²) in [6.07, 6.45) is 5.62. The van der Waals surface area contributed by atoms with Gasteiger partial charge in [-0.2, -0.15) is 4.37 Å². The molecule has 0 saturated heterocycles. The molecule has 0 bridgehead atoms. The number of rotatable bonds is 3. The minimum absolute atomic E-state index is 0.0593. The average Bonchev–Trinajstić information content (AvgIpc) is 2.75. The Labute approximate surface area is 84.7 Å². The molecule has 1 aliphatic carbocycles. The average molecular weight is 211 g/mol. The molecular formula is C8H9N3O2S. The first kappa shape index (κ1) is 9.14. The molecule has 2 atom stereocenters. The highest BCUT2D eigenvalue weighted by Crippen LogP contribution is 2.21. The molecule has 0 fully saturated rings. The Morgan fingerprint density at radius 2 is 2.50 bits per heavy atom. The van der Waals surface area contributed by atoms with Gasteiger partial charge in [0.05, 0.1) is 5.92 Å². The molecule has 0 amide bonds. The molecule has 0 radical (unpaired) electrons. The lowest BCUT2D eigenvalue weighted by Gasteiger charge is -2.09. The summed E-state index contributed by atoms with van der Waals surface area (Å²) in [6, 6.07) is 0.0593. The zero-order valence-corrected chi connectivity index (χ0v) is 8.07. The van der Waals surface area contributed by atoms with E-state index < -0.39 is 5.97 Å². The van der Waals surface area contributed by atoms with Gasteiger partial charge in [-0.15, -0.1) is 0 Å². The summed E-state index contributed by atoms with van der Waals surface area (Å²) in [7, 11) is 0. The van der Waals surface area contributed by atoms with Gasteiger partial charge in [0, 0.05) is 17.6 Å². The predicted molar refractivity (Wildman–Crippen MR) is 52.2 cm³/mol. The molecule has 6 heteroatoms. The van der Waals surface area contributed by atoms with Gasteiger partial charge in [0.2, 0.25) is 5.13 Å². The zero-order valence-electron chi connectivity index (χ0n) is 7.25. The van der Waals surface area contributed by atoms with Crippen LogP contribution in [-0.4, -0.2) is 26.5 Å². The summed E-state index contributed by atoms with van der Waals surface area (Å²) < 4.78 is 3.85. The summed E-state index contributed by atoms with van der Waals surface area (Å²) in [4.78, 5) is 14.6. The smallest absolute Gasteiger partial charge is 0.310 e. The molecule has 5 nitrogen and oxygen atoms in total. The molecule has 1 aliphatic rings. The van der Waals surface area contributed by atoms with Crippen LogP contribution in [-0.2, 0) is 4.79 Å². The van der Waals surface area contributed by atoms with Gasteiger partial charge in [0.25, 0.3) is 0 Å².